The van der Waals surface area contributed by atoms with E-state index in [1.54, 1.807) is 0 Å². The lowest BCUT2D eigenvalue weighted by Gasteiger charge is -2.16. The molecule has 0 aliphatic heterocycles. The van der Waals surface area contributed by atoms with Crippen molar-refractivity contribution in [1.29, 1.82) is 0 Å². The molecule has 0 radical (unpaired) electrons. The third-order valence-corrected chi connectivity index (χ3v) is 2.39. The van der Waals surface area contributed by atoms with Crippen molar-refractivity contribution < 1.29 is 0 Å². The van der Waals surface area contributed by atoms with Gasteiger partial charge in [-0.1, -0.05) is 20.3 Å². The van der Waals surface area contributed by atoms with E-state index in [1.165, 1.54) is 5.69 Å². The third kappa shape index (κ3) is 2.31. The van der Waals surface area contributed by atoms with Gasteiger partial charge in [0.15, 0.2) is 0 Å². The standard InChI is InChI=1S/C10H19N3/c1-3-5-10-7-12-8-13(10)9(4-2)6-11/h7-9H,3-6,11H2,1-2H3. The lowest BCUT2D eigenvalue weighted by atomic mass is 10.2. The fourth-order valence-electron chi connectivity index (χ4n) is 1.59. The van der Waals surface area contributed by atoms with E-state index in [2.05, 4.69) is 23.4 Å². The van der Waals surface area contributed by atoms with Crippen molar-refractivity contribution in [2.75, 3.05) is 6.54 Å². The van der Waals surface area contributed by atoms with Gasteiger partial charge in [-0.2, -0.15) is 0 Å². The van der Waals surface area contributed by atoms with E-state index < -0.39 is 0 Å². The summed E-state index contributed by atoms with van der Waals surface area (Å²) in [4.78, 5) is 4.16. The Bertz CT molecular complexity index is 238. The first-order valence-electron chi connectivity index (χ1n) is 5.04. The first-order chi connectivity index (χ1) is 6.33. The normalized spacial score (nSPS) is 13.2. The molecule has 1 unspecified atom stereocenters. The van der Waals surface area contributed by atoms with Crippen LogP contribution in [0, 0.1) is 0 Å². The van der Waals surface area contributed by atoms with Crippen LogP contribution in [0.25, 0.3) is 0 Å². The Morgan fingerprint density at radius 1 is 1.54 bits per heavy atom. The Hall–Kier alpha value is -0.830. The third-order valence-electron chi connectivity index (χ3n) is 2.39. The zero-order valence-corrected chi connectivity index (χ0v) is 8.53. The van der Waals surface area contributed by atoms with E-state index in [0.717, 1.165) is 19.3 Å². The van der Waals surface area contributed by atoms with Gasteiger partial charge >= 0.3 is 0 Å². The highest BCUT2D eigenvalue weighted by Crippen LogP contribution is 2.13. The monoisotopic (exact) mass is 181 g/mol. The first-order valence-corrected chi connectivity index (χ1v) is 5.04. The summed E-state index contributed by atoms with van der Waals surface area (Å²) in [5.41, 5.74) is 7.00. The molecule has 0 spiro atoms. The van der Waals surface area contributed by atoms with Crippen molar-refractivity contribution in [2.45, 2.75) is 39.2 Å². The number of nitrogens with zero attached hydrogens (tertiary/aromatic N) is 2. The van der Waals surface area contributed by atoms with E-state index in [0.29, 0.717) is 12.6 Å². The quantitative estimate of drug-likeness (QED) is 0.752. The molecule has 0 saturated heterocycles. The molecule has 0 bridgehead atoms. The lowest BCUT2D eigenvalue weighted by molar-refractivity contribution is 0.479. The molecule has 1 aromatic rings. The van der Waals surface area contributed by atoms with E-state index in [9.17, 15) is 0 Å². The van der Waals surface area contributed by atoms with Crippen molar-refractivity contribution in [2.24, 2.45) is 5.73 Å². The molecule has 0 amide bonds. The molecule has 1 heterocycles. The van der Waals surface area contributed by atoms with Gasteiger partial charge in [-0.05, 0) is 12.8 Å². The number of hydrogen-bond donors (Lipinski definition) is 1. The lowest BCUT2D eigenvalue weighted by Crippen LogP contribution is -2.19. The van der Waals surface area contributed by atoms with E-state index in [-0.39, 0.29) is 0 Å². The van der Waals surface area contributed by atoms with Gasteiger partial charge in [-0.15, -0.1) is 0 Å². The number of aromatic nitrogens is 2. The summed E-state index contributed by atoms with van der Waals surface area (Å²) in [5.74, 6) is 0. The van der Waals surface area contributed by atoms with Crippen molar-refractivity contribution in [1.82, 2.24) is 9.55 Å². The Balaban J connectivity index is 2.78. The van der Waals surface area contributed by atoms with E-state index in [1.807, 2.05) is 12.5 Å². The molecule has 2 N–H and O–H groups in total. The molecular weight excluding hydrogens is 162 g/mol. The second kappa shape index (κ2) is 5.02. The van der Waals surface area contributed by atoms with Crippen molar-refractivity contribution in [3.63, 3.8) is 0 Å². The van der Waals surface area contributed by atoms with Crippen LogP contribution >= 0.6 is 0 Å². The highest BCUT2D eigenvalue weighted by molar-refractivity contribution is 5.00. The molecule has 0 aliphatic rings. The summed E-state index contributed by atoms with van der Waals surface area (Å²) in [6.07, 6.45) is 7.17. The molecule has 74 valence electrons. The van der Waals surface area contributed by atoms with Gasteiger partial charge in [0.2, 0.25) is 0 Å². The maximum Gasteiger partial charge on any atom is 0.0951 e. The fourth-order valence-corrected chi connectivity index (χ4v) is 1.59. The predicted molar refractivity (Wildman–Crippen MR) is 54.6 cm³/mol. The first kappa shape index (κ1) is 10.3. The molecule has 0 aromatic carbocycles. The van der Waals surface area contributed by atoms with Crippen LogP contribution in [-0.4, -0.2) is 16.1 Å². The summed E-state index contributed by atoms with van der Waals surface area (Å²) in [7, 11) is 0. The summed E-state index contributed by atoms with van der Waals surface area (Å²) in [5, 5.41) is 0. The number of nitrogens with two attached hydrogens (primary N) is 1. The van der Waals surface area contributed by atoms with Gasteiger partial charge in [0.05, 0.1) is 6.33 Å². The highest BCUT2D eigenvalue weighted by atomic mass is 15.1. The summed E-state index contributed by atoms with van der Waals surface area (Å²) < 4.78 is 2.21. The van der Waals surface area contributed by atoms with Crippen molar-refractivity contribution in [3.05, 3.63) is 18.2 Å². The summed E-state index contributed by atoms with van der Waals surface area (Å²) in [6, 6.07) is 0.420. The number of imidazole rings is 1. The van der Waals surface area contributed by atoms with Gasteiger partial charge in [-0.3, -0.25) is 0 Å². The molecule has 3 nitrogen and oxygen atoms in total. The average molecular weight is 181 g/mol. The van der Waals surface area contributed by atoms with Crippen LogP contribution in [0.5, 0.6) is 0 Å². The zero-order valence-electron chi connectivity index (χ0n) is 8.53. The Morgan fingerprint density at radius 2 is 2.31 bits per heavy atom. The number of hydrogen-bond acceptors (Lipinski definition) is 2. The Morgan fingerprint density at radius 3 is 2.85 bits per heavy atom. The average Bonchev–Trinajstić information content (AvgIpc) is 2.57. The summed E-state index contributed by atoms with van der Waals surface area (Å²) in [6.45, 7) is 5.04. The topological polar surface area (TPSA) is 43.8 Å². The van der Waals surface area contributed by atoms with Crippen molar-refractivity contribution in [3.8, 4) is 0 Å². The minimum absolute atomic E-state index is 0.420. The van der Waals surface area contributed by atoms with Crippen LogP contribution in [0.3, 0.4) is 0 Å². The molecule has 1 atom stereocenters. The van der Waals surface area contributed by atoms with Crippen LogP contribution < -0.4 is 5.73 Å². The Kier molecular flexibility index (Phi) is 3.96. The summed E-state index contributed by atoms with van der Waals surface area (Å²) >= 11 is 0. The van der Waals surface area contributed by atoms with Gasteiger partial charge in [0, 0.05) is 24.5 Å². The van der Waals surface area contributed by atoms with Gasteiger partial charge in [0.1, 0.15) is 0 Å². The Labute approximate surface area is 80.0 Å². The second-order valence-electron chi connectivity index (χ2n) is 3.34. The van der Waals surface area contributed by atoms with Crippen LogP contribution in [0.2, 0.25) is 0 Å². The molecule has 1 aromatic heterocycles. The molecule has 13 heavy (non-hydrogen) atoms. The highest BCUT2D eigenvalue weighted by Gasteiger charge is 2.09. The largest absolute Gasteiger partial charge is 0.330 e. The van der Waals surface area contributed by atoms with Crippen LogP contribution in [0.1, 0.15) is 38.4 Å². The SMILES string of the molecule is CCCc1cncn1C(CC)CN. The smallest absolute Gasteiger partial charge is 0.0951 e. The van der Waals surface area contributed by atoms with Gasteiger partial charge < -0.3 is 10.3 Å². The van der Waals surface area contributed by atoms with Gasteiger partial charge in [-0.25, -0.2) is 4.98 Å². The van der Waals surface area contributed by atoms with Crippen LogP contribution in [0.15, 0.2) is 12.5 Å². The minimum Gasteiger partial charge on any atom is -0.330 e. The second-order valence-corrected chi connectivity index (χ2v) is 3.34. The predicted octanol–water partition coefficient (Wildman–Crippen LogP) is 1.75. The van der Waals surface area contributed by atoms with Crippen LogP contribution in [-0.2, 0) is 6.42 Å². The van der Waals surface area contributed by atoms with Gasteiger partial charge in [0.25, 0.3) is 0 Å². The zero-order chi connectivity index (χ0) is 9.68. The van der Waals surface area contributed by atoms with E-state index in [4.69, 9.17) is 5.73 Å². The molecule has 3 heteroatoms. The molecule has 0 fully saturated rings. The minimum atomic E-state index is 0.420. The molecular formula is C10H19N3. The van der Waals surface area contributed by atoms with E-state index >= 15 is 0 Å². The van der Waals surface area contributed by atoms with Crippen molar-refractivity contribution >= 4 is 0 Å². The molecule has 1 rings (SSSR count). The number of aryl methyl sites for hydroxylation is 1. The molecule has 0 aliphatic carbocycles. The van der Waals surface area contributed by atoms with Crippen LogP contribution in [0.4, 0.5) is 0 Å². The molecule has 0 saturated carbocycles. The maximum absolute atomic E-state index is 5.69. The maximum atomic E-state index is 5.69. The number of rotatable bonds is 5. The fraction of sp³-hybridized carbons (Fsp3) is 0.700.